The molecule has 8 heteroatoms. The maximum atomic E-state index is 11.3. The second kappa shape index (κ2) is 8.25. The summed E-state index contributed by atoms with van der Waals surface area (Å²) in [4.78, 5) is 11.3. The molecule has 0 fully saturated rings. The molecule has 0 atom stereocenters. The summed E-state index contributed by atoms with van der Waals surface area (Å²) < 4.78 is 7.25. The molecule has 0 spiro atoms. The molecule has 1 heterocycles. The lowest BCUT2D eigenvalue weighted by atomic mass is 10.2. The smallest absolute Gasteiger partial charge is 0.221 e. The van der Waals surface area contributed by atoms with Crippen LogP contribution in [0.25, 0.3) is 5.69 Å². The van der Waals surface area contributed by atoms with Crippen molar-refractivity contribution in [2.75, 3.05) is 12.4 Å². The zero-order chi connectivity index (χ0) is 18.5. The summed E-state index contributed by atoms with van der Waals surface area (Å²) in [6, 6.07) is 13.0. The molecular weight excluding hydrogens is 372 g/mol. The number of nitrogens with zero attached hydrogens (tertiary/aromatic N) is 3. The number of carbonyl (C=O) groups is 1. The Labute approximate surface area is 160 Å². The number of amides is 1. The highest BCUT2D eigenvalue weighted by Gasteiger charge is 2.11. The van der Waals surface area contributed by atoms with E-state index >= 15 is 0 Å². The monoisotopic (exact) mass is 388 g/mol. The van der Waals surface area contributed by atoms with E-state index in [-0.39, 0.29) is 5.91 Å². The minimum absolute atomic E-state index is 0.117. The molecule has 1 N–H and O–H groups in total. The van der Waals surface area contributed by atoms with Gasteiger partial charge in [0.05, 0.1) is 12.8 Å². The average molecular weight is 389 g/mol. The number of nitrogens with one attached hydrogen (secondary N) is 1. The molecule has 1 aromatic heterocycles. The molecule has 26 heavy (non-hydrogen) atoms. The molecule has 0 radical (unpaired) electrons. The van der Waals surface area contributed by atoms with Crippen molar-refractivity contribution in [3.63, 3.8) is 0 Å². The van der Waals surface area contributed by atoms with Crippen molar-refractivity contribution in [2.45, 2.75) is 17.8 Å². The van der Waals surface area contributed by atoms with Crippen molar-refractivity contribution in [2.24, 2.45) is 0 Å². The van der Waals surface area contributed by atoms with E-state index < -0.39 is 0 Å². The third kappa shape index (κ3) is 4.36. The zero-order valence-corrected chi connectivity index (χ0v) is 15.8. The summed E-state index contributed by atoms with van der Waals surface area (Å²) in [6.45, 7) is 1.48. The van der Waals surface area contributed by atoms with Crippen molar-refractivity contribution in [3.05, 3.63) is 59.4 Å². The maximum Gasteiger partial charge on any atom is 0.221 e. The third-order valence-electron chi connectivity index (χ3n) is 3.56. The Morgan fingerprint density at radius 1 is 1.31 bits per heavy atom. The molecule has 0 bridgehead atoms. The van der Waals surface area contributed by atoms with Gasteiger partial charge in [0.2, 0.25) is 5.91 Å². The van der Waals surface area contributed by atoms with Gasteiger partial charge in [-0.2, -0.15) is 0 Å². The molecule has 134 valence electrons. The fourth-order valence-corrected chi connectivity index (χ4v) is 3.54. The van der Waals surface area contributed by atoms with Crippen LogP contribution in [0.15, 0.2) is 53.9 Å². The third-order valence-corrected chi connectivity index (χ3v) is 4.79. The number of methoxy groups -OCH3 is 1. The Bertz CT molecular complexity index is 929. The van der Waals surface area contributed by atoms with E-state index in [1.165, 1.54) is 18.7 Å². The number of rotatable bonds is 6. The van der Waals surface area contributed by atoms with E-state index in [1.807, 2.05) is 41.0 Å². The second-order valence-corrected chi connectivity index (χ2v) is 6.84. The van der Waals surface area contributed by atoms with Crippen LogP contribution in [0, 0.1) is 0 Å². The van der Waals surface area contributed by atoms with Gasteiger partial charge in [0.1, 0.15) is 12.1 Å². The number of ether oxygens (including phenoxy) is 1. The van der Waals surface area contributed by atoms with Crippen LogP contribution >= 0.6 is 23.4 Å². The van der Waals surface area contributed by atoms with Crippen LogP contribution in [0.4, 0.5) is 5.69 Å². The summed E-state index contributed by atoms with van der Waals surface area (Å²) in [7, 11) is 1.63. The fourth-order valence-electron chi connectivity index (χ4n) is 2.44. The SMILES string of the molecule is COc1ccc(Cl)cc1CSc1nncn1-c1cccc(NC(C)=O)c1. The molecule has 2 aromatic carbocycles. The molecule has 1 amide bonds. The van der Waals surface area contributed by atoms with Crippen molar-refractivity contribution >= 4 is 35.0 Å². The largest absolute Gasteiger partial charge is 0.496 e. The van der Waals surface area contributed by atoms with Gasteiger partial charge in [0, 0.05) is 29.0 Å². The van der Waals surface area contributed by atoms with Gasteiger partial charge in [-0.1, -0.05) is 29.4 Å². The molecule has 0 saturated heterocycles. The predicted octanol–water partition coefficient (Wildman–Crippen LogP) is 4.18. The first-order valence-corrected chi connectivity index (χ1v) is 9.16. The van der Waals surface area contributed by atoms with Crippen LogP contribution in [-0.4, -0.2) is 27.8 Å². The summed E-state index contributed by atoms with van der Waals surface area (Å²) in [6.07, 6.45) is 1.64. The molecule has 0 aliphatic rings. The van der Waals surface area contributed by atoms with Crippen LogP contribution in [0.5, 0.6) is 5.75 Å². The van der Waals surface area contributed by atoms with Gasteiger partial charge in [-0.25, -0.2) is 0 Å². The molecule has 0 aliphatic heterocycles. The summed E-state index contributed by atoms with van der Waals surface area (Å²) in [5, 5.41) is 12.4. The lowest BCUT2D eigenvalue weighted by Gasteiger charge is -2.10. The number of thioether (sulfide) groups is 1. The van der Waals surface area contributed by atoms with Gasteiger partial charge in [-0.15, -0.1) is 10.2 Å². The molecule has 3 rings (SSSR count). The average Bonchev–Trinajstić information content (AvgIpc) is 3.08. The number of hydrogen-bond donors (Lipinski definition) is 1. The first-order chi connectivity index (χ1) is 12.6. The second-order valence-electron chi connectivity index (χ2n) is 5.46. The predicted molar refractivity (Wildman–Crippen MR) is 103 cm³/mol. The number of anilines is 1. The van der Waals surface area contributed by atoms with E-state index in [4.69, 9.17) is 16.3 Å². The van der Waals surface area contributed by atoms with E-state index in [9.17, 15) is 4.79 Å². The molecule has 6 nitrogen and oxygen atoms in total. The van der Waals surface area contributed by atoms with Crippen molar-refractivity contribution in [1.29, 1.82) is 0 Å². The minimum atomic E-state index is -0.117. The van der Waals surface area contributed by atoms with E-state index in [1.54, 1.807) is 19.5 Å². The van der Waals surface area contributed by atoms with Crippen LogP contribution in [0.2, 0.25) is 5.02 Å². The van der Waals surface area contributed by atoms with Crippen molar-refractivity contribution in [3.8, 4) is 11.4 Å². The Kier molecular flexibility index (Phi) is 5.80. The molecular formula is C18H17ClN4O2S. The quantitative estimate of drug-likeness (QED) is 0.641. The Morgan fingerprint density at radius 2 is 2.15 bits per heavy atom. The van der Waals surface area contributed by atoms with Crippen molar-refractivity contribution < 1.29 is 9.53 Å². The highest BCUT2D eigenvalue weighted by Crippen LogP contribution is 2.30. The summed E-state index contributed by atoms with van der Waals surface area (Å²) in [5.41, 5.74) is 2.56. The summed E-state index contributed by atoms with van der Waals surface area (Å²) in [5.74, 6) is 1.29. The van der Waals surface area contributed by atoms with Gasteiger partial charge >= 0.3 is 0 Å². The first-order valence-electron chi connectivity index (χ1n) is 7.80. The van der Waals surface area contributed by atoms with Crippen LogP contribution in [-0.2, 0) is 10.5 Å². The molecule has 0 unspecified atom stereocenters. The van der Waals surface area contributed by atoms with Gasteiger partial charge in [-0.05, 0) is 36.4 Å². The topological polar surface area (TPSA) is 69.0 Å². The maximum absolute atomic E-state index is 11.3. The van der Waals surface area contributed by atoms with Gasteiger partial charge in [0.25, 0.3) is 0 Å². The van der Waals surface area contributed by atoms with Gasteiger partial charge in [0.15, 0.2) is 5.16 Å². The first kappa shape index (κ1) is 18.3. The van der Waals surface area contributed by atoms with E-state index in [0.29, 0.717) is 10.8 Å². The van der Waals surface area contributed by atoms with Gasteiger partial charge in [-0.3, -0.25) is 9.36 Å². The van der Waals surface area contributed by atoms with Gasteiger partial charge < -0.3 is 10.1 Å². The Balaban J connectivity index is 1.81. The number of benzene rings is 2. The van der Waals surface area contributed by atoms with Crippen molar-refractivity contribution in [1.82, 2.24) is 14.8 Å². The van der Waals surface area contributed by atoms with Crippen LogP contribution in [0.3, 0.4) is 0 Å². The van der Waals surface area contributed by atoms with Crippen LogP contribution in [0.1, 0.15) is 12.5 Å². The number of halogens is 1. The molecule has 0 aliphatic carbocycles. The van der Waals surface area contributed by atoms with E-state index in [0.717, 1.165) is 27.8 Å². The number of hydrogen-bond acceptors (Lipinski definition) is 5. The normalized spacial score (nSPS) is 10.6. The van der Waals surface area contributed by atoms with E-state index in [2.05, 4.69) is 15.5 Å². The lowest BCUT2D eigenvalue weighted by molar-refractivity contribution is -0.114. The highest BCUT2D eigenvalue weighted by atomic mass is 35.5. The fraction of sp³-hybridized carbons (Fsp3) is 0.167. The minimum Gasteiger partial charge on any atom is -0.496 e. The zero-order valence-electron chi connectivity index (χ0n) is 14.3. The number of aromatic nitrogens is 3. The van der Waals surface area contributed by atoms with Crippen LogP contribution < -0.4 is 10.1 Å². The Morgan fingerprint density at radius 3 is 2.92 bits per heavy atom. The number of carbonyl (C=O) groups excluding carboxylic acids is 1. The lowest BCUT2D eigenvalue weighted by Crippen LogP contribution is -2.06. The molecule has 3 aromatic rings. The highest BCUT2D eigenvalue weighted by molar-refractivity contribution is 7.98. The molecule has 0 saturated carbocycles. The standard InChI is InChI=1S/C18H17ClN4O2S/c1-12(24)21-15-4-3-5-16(9-15)23-11-20-22-18(23)26-10-13-8-14(19)6-7-17(13)25-2/h3-9,11H,10H2,1-2H3,(H,21,24). The summed E-state index contributed by atoms with van der Waals surface area (Å²) >= 11 is 7.61. The Hall–Kier alpha value is -2.51.